The van der Waals surface area contributed by atoms with Gasteiger partial charge < -0.3 is 0 Å². The number of anilines is 1. The van der Waals surface area contributed by atoms with Crippen LogP contribution < -0.4 is 5.43 Å². The van der Waals surface area contributed by atoms with E-state index in [-0.39, 0.29) is 10.7 Å². The highest BCUT2D eigenvalue weighted by Gasteiger charge is 2.09. The molecular formula is C9H3ClF2N4. The van der Waals surface area contributed by atoms with Crippen molar-refractivity contribution >= 4 is 23.0 Å². The number of hydrazone groups is 1. The third kappa shape index (κ3) is 2.66. The Kier molecular flexibility index (Phi) is 3.76. The summed E-state index contributed by atoms with van der Waals surface area (Å²) in [5, 5.41) is 19.8. The molecule has 0 saturated heterocycles. The Morgan fingerprint density at radius 1 is 1.31 bits per heavy atom. The van der Waals surface area contributed by atoms with E-state index in [9.17, 15) is 8.78 Å². The van der Waals surface area contributed by atoms with Crippen LogP contribution >= 0.6 is 11.6 Å². The van der Waals surface area contributed by atoms with E-state index >= 15 is 0 Å². The Bertz CT molecular complexity index is 488. The first-order chi connectivity index (χ1) is 7.58. The first kappa shape index (κ1) is 11.9. The highest BCUT2D eigenvalue weighted by Crippen LogP contribution is 2.26. The number of benzene rings is 1. The second-order valence-corrected chi connectivity index (χ2v) is 2.95. The predicted molar refractivity (Wildman–Crippen MR) is 53.7 cm³/mol. The highest BCUT2D eigenvalue weighted by atomic mass is 35.5. The lowest BCUT2D eigenvalue weighted by atomic mass is 10.3. The number of nitrogens with zero attached hydrogens (tertiary/aromatic N) is 3. The molecular weight excluding hydrogens is 238 g/mol. The third-order valence-corrected chi connectivity index (χ3v) is 1.80. The van der Waals surface area contributed by atoms with Crippen LogP contribution in [0.25, 0.3) is 0 Å². The van der Waals surface area contributed by atoms with Crippen molar-refractivity contribution in [3.63, 3.8) is 0 Å². The van der Waals surface area contributed by atoms with Gasteiger partial charge in [0.1, 0.15) is 23.6 Å². The maximum absolute atomic E-state index is 13.1. The molecule has 16 heavy (non-hydrogen) atoms. The van der Waals surface area contributed by atoms with Crippen LogP contribution in [0.2, 0.25) is 5.02 Å². The van der Waals surface area contributed by atoms with E-state index in [1.807, 2.05) is 0 Å². The van der Waals surface area contributed by atoms with Gasteiger partial charge in [-0.2, -0.15) is 15.6 Å². The minimum atomic E-state index is -0.969. The summed E-state index contributed by atoms with van der Waals surface area (Å²) in [6.07, 6.45) is 0. The third-order valence-electron chi connectivity index (χ3n) is 1.50. The fourth-order valence-corrected chi connectivity index (χ4v) is 1.07. The number of hydrogen-bond donors (Lipinski definition) is 1. The van der Waals surface area contributed by atoms with Gasteiger partial charge in [0.05, 0.1) is 5.02 Å². The molecule has 4 nitrogen and oxygen atoms in total. The van der Waals surface area contributed by atoms with Gasteiger partial charge in [0, 0.05) is 6.07 Å². The average molecular weight is 241 g/mol. The van der Waals surface area contributed by atoms with Crippen LogP contribution in [0.15, 0.2) is 17.2 Å². The Labute approximate surface area is 94.4 Å². The molecule has 7 heteroatoms. The summed E-state index contributed by atoms with van der Waals surface area (Å²) in [6, 6.07) is 4.39. The SMILES string of the molecule is N#CC(C#N)=NNc1c(F)cc(F)cc1Cl. The van der Waals surface area contributed by atoms with Crippen molar-refractivity contribution in [2.75, 3.05) is 5.43 Å². The number of nitriles is 2. The summed E-state index contributed by atoms with van der Waals surface area (Å²) in [4.78, 5) is 0. The zero-order valence-electron chi connectivity index (χ0n) is 7.63. The smallest absolute Gasteiger partial charge is 0.237 e. The molecule has 0 bridgehead atoms. The fraction of sp³-hybridized carbons (Fsp3) is 0. The van der Waals surface area contributed by atoms with E-state index in [1.54, 1.807) is 0 Å². The van der Waals surface area contributed by atoms with Gasteiger partial charge in [0.2, 0.25) is 5.71 Å². The van der Waals surface area contributed by atoms with Gasteiger partial charge in [0.15, 0.2) is 5.82 Å². The second kappa shape index (κ2) is 5.06. The molecule has 0 aliphatic rings. The molecule has 0 aliphatic carbocycles. The van der Waals surface area contributed by atoms with E-state index in [1.165, 1.54) is 12.1 Å². The standard InChI is InChI=1S/C9H3ClF2N4/c10-7-1-5(11)2-8(12)9(7)16-15-6(3-13)4-14/h1-2,16H. The van der Waals surface area contributed by atoms with Crippen LogP contribution in [0.5, 0.6) is 0 Å². The van der Waals surface area contributed by atoms with E-state index in [4.69, 9.17) is 22.1 Å². The summed E-state index contributed by atoms with van der Waals surface area (Å²) in [5.41, 5.74) is 1.28. The summed E-state index contributed by atoms with van der Waals surface area (Å²) in [6.45, 7) is 0. The van der Waals surface area contributed by atoms with Crippen molar-refractivity contribution in [3.8, 4) is 12.1 Å². The summed E-state index contributed by atoms with van der Waals surface area (Å²) < 4.78 is 25.8. The van der Waals surface area contributed by atoms with Crippen molar-refractivity contribution in [3.05, 3.63) is 28.8 Å². The minimum Gasteiger partial charge on any atom is -0.272 e. The molecule has 0 heterocycles. The van der Waals surface area contributed by atoms with E-state index in [0.29, 0.717) is 6.07 Å². The predicted octanol–water partition coefficient (Wildman–Crippen LogP) is 2.43. The molecule has 1 N–H and O–H groups in total. The molecule has 0 amide bonds. The van der Waals surface area contributed by atoms with Gasteiger partial charge in [-0.3, -0.25) is 5.43 Å². The van der Waals surface area contributed by atoms with Crippen LogP contribution in [0, 0.1) is 34.3 Å². The molecule has 80 valence electrons. The van der Waals surface area contributed by atoms with Crippen LogP contribution in [0.4, 0.5) is 14.5 Å². The Morgan fingerprint density at radius 3 is 2.44 bits per heavy atom. The number of nitrogens with one attached hydrogen (secondary N) is 1. The lowest BCUT2D eigenvalue weighted by molar-refractivity contribution is 0.585. The molecule has 0 fully saturated rings. The largest absolute Gasteiger partial charge is 0.272 e. The zero-order valence-corrected chi connectivity index (χ0v) is 8.39. The highest BCUT2D eigenvalue weighted by molar-refractivity contribution is 6.33. The molecule has 1 aromatic rings. The molecule has 0 radical (unpaired) electrons. The van der Waals surface area contributed by atoms with E-state index in [0.717, 1.165) is 6.07 Å². The van der Waals surface area contributed by atoms with Gasteiger partial charge in [-0.05, 0) is 6.07 Å². The van der Waals surface area contributed by atoms with Crippen molar-refractivity contribution in [1.29, 1.82) is 10.5 Å². The summed E-state index contributed by atoms with van der Waals surface area (Å²) >= 11 is 5.53. The van der Waals surface area contributed by atoms with E-state index in [2.05, 4.69) is 10.5 Å². The molecule has 0 atom stereocenters. The molecule has 0 aliphatic heterocycles. The van der Waals surface area contributed by atoms with Crippen molar-refractivity contribution in [1.82, 2.24) is 0 Å². The van der Waals surface area contributed by atoms with Gasteiger partial charge >= 0.3 is 0 Å². The number of halogens is 3. The second-order valence-electron chi connectivity index (χ2n) is 2.54. The first-order valence-corrected chi connectivity index (χ1v) is 4.24. The maximum Gasteiger partial charge on any atom is 0.237 e. The van der Waals surface area contributed by atoms with Crippen molar-refractivity contribution in [2.45, 2.75) is 0 Å². The lowest BCUT2D eigenvalue weighted by Gasteiger charge is -2.04. The molecule has 1 rings (SSSR count). The lowest BCUT2D eigenvalue weighted by Crippen LogP contribution is -1.99. The number of rotatable bonds is 2. The van der Waals surface area contributed by atoms with Gasteiger partial charge in [-0.1, -0.05) is 11.6 Å². The van der Waals surface area contributed by atoms with Gasteiger partial charge in [-0.15, -0.1) is 0 Å². The monoisotopic (exact) mass is 240 g/mol. The number of hydrogen-bond acceptors (Lipinski definition) is 4. The molecule has 0 spiro atoms. The topological polar surface area (TPSA) is 72.0 Å². The van der Waals surface area contributed by atoms with Gasteiger partial charge in [0.25, 0.3) is 0 Å². The average Bonchev–Trinajstić information content (AvgIpc) is 2.22. The quantitative estimate of drug-likeness (QED) is 0.637. The Hall–Kier alpha value is -2.18. The molecule has 1 aromatic carbocycles. The van der Waals surface area contributed by atoms with E-state index < -0.39 is 17.3 Å². The van der Waals surface area contributed by atoms with Gasteiger partial charge in [-0.25, -0.2) is 8.78 Å². The van der Waals surface area contributed by atoms with Crippen LogP contribution in [0.1, 0.15) is 0 Å². The zero-order chi connectivity index (χ0) is 12.1. The molecule has 0 aromatic heterocycles. The van der Waals surface area contributed by atoms with Crippen LogP contribution in [-0.4, -0.2) is 5.71 Å². The van der Waals surface area contributed by atoms with Crippen molar-refractivity contribution < 1.29 is 8.78 Å². The first-order valence-electron chi connectivity index (χ1n) is 3.87. The maximum atomic E-state index is 13.1. The Morgan fingerprint density at radius 2 is 1.94 bits per heavy atom. The normalized spacial score (nSPS) is 8.81. The van der Waals surface area contributed by atoms with Crippen LogP contribution in [0.3, 0.4) is 0 Å². The fourth-order valence-electron chi connectivity index (χ4n) is 0.836. The summed E-state index contributed by atoms with van der Waals surface area (Å²) in [5.74, 6) is -1.80. The molecule has 0 unspecified atom stereocenters. The van der Waals surface area contributed by atoms with Crippen LogP contribution in [-0.2, 0) is 0 Å². The van der Waals surface area contributed by atoms with Crippen molar-refractivity contribution in [2.24, 2.45) is 5.10 Å². The minimum absolute atomic E-state index is 0.239. The Balaban J connectivity index is 3.05. The molecule has 0 saturated carbocycles. The summed E-state index contributed by atoms with van der Waals surface area (Å²) in [7, 11) is 0.